The molecular formula is C19H25N3O4S. The second kappa shape index (κ2) is 8.69. The van der Waals surface area contributed by atoms with Crippen LogP contribution in [0.4, 0.5) is 5.69 Å². The lowest BCUT2D eigenvalue weighted by atomic mass is 10.0. The fourth-order valence-corrected chi connectivity index (χ4v) is 4.90. The van der Waals surface area contributed by atoms with Gasteiger partial charge in [-0.2, -0.15) is 17.0 Å². The van der Waals surface area contributed by atoms with Crippen molar-refractivity contribution in [2.24, 2.45) is 5.92 Å². The third-order valence-corrected chi connectivity index (χ3v) is 6.46. The third-order valence-electron chi connectivity index (χ3n) is 4.56. The Labute approximate surface area is 160 Å². The maximum absolute atomic E-state index is 13.2. The Kier molecular flexibility index (Phi) is 6.30. The van der Waals surface area contributed by atoms with Crippen LogP contribution >= 0.6 is 0 Å². The highest BCUT2D eigenvalue weighted by molar-refractivity contribution is 7.86. The highest BCUT2D eigenvalue weighted by Gasteiger charge is 2.34. The first-order valence-corrected chi connectivity index (χ1v) is 10.5. The molecule has 1 fully saturated rings. The second-order valence-electron chi connectivity index (χ2n) is 6.87. The maximum atomic E-state index is 13.2. The van der Waals surface area contributed by atoms with E-state index in [1.807, 2.05) is 25.1 Å². The highest BCUT2D eigenvalue weighted by atomic mass is 32.2. The molecule has 0 aliphatic carbocycles. The van der Waals surface area contributed by atoms with Gasteiger partial charge >= 0.3 is 0 Å². The largest absolute Gasteiger partial charge is 0.468 e. The summed E-state index contributed by atoms with van der Waals surface area (Å²) in [5.41, 5.74) is 0.629. The van der Waals surface area contributed by atoms with Gasteiger partial charge in [-0.1, -0.05) is 25.1 Å². The number of furan rings is 1. The van der Waals surface area contributed by atoms with Crippen LogP contribution in [0.25, 0.3) is 0 Å². The second-order valence-corrected chi connectivity index (χ2v) is 8.80. The lowest BCUT2D eigenvalue weighted by Crippen LogP contribution is -2.49. The number of rotatable bonds is 7. The van der Waals surface area contributed by atoms with E-state index in [1.165, 1.54) is 14.9 Å². The van der Waals surface area contributed by atoms with Crippen LogP contribution in [0.5, 0.6) is 0 Å². The van der Waals surface area contributed by atoms with Gasteiger partial charge in [0, 0.05) is 18.8 Å². The molecule has 0 radical (unpaired) electrons. The van der Waals surface area contributed by atoms with E-state index in [1.54, 1.807) is 24.3 Å². The van der Waals surface area contributed by atoms with Crippen LogP contribution in [-0.4, -0.2) is 42.6 Å². The summed E-state index contributed by atoms with van der Waals surface area (Å²) in [5, 5.41) is 2.74. The number of piperidine rings is 1. The van der Waals surface area contributed by atoms with Crippen molar-refractivity contribution in [3.05, 3.63) is 54.5 Å². The Hall–Kier alpha value is -2.16. The van der Waals surface area contributed by atoms with E-state index >= 15 is 0 Å². The summed E-state index contributed by atoms with van der Waals surface area (Å²) in [6, 6.07) is 12.4. The minimum atomic E-state index is -3.77. The summed E-state index contributed by atoms with van der Waals surface area (Å²) in [6.45, 7) is 2.73. The molecule has 1 N–H and O–H groups in total. The highest BCUT2D eigenvalue weighted by Crippen LogP contribution is 2.22. The van der Waals surface area contributed by atoms with Gasteiger partial charge in [-0.05, 0) is 43.0 Å². The number of amides is 1. The molecule has 2 aromatic rings. The van der Waals surface area contributed by atoms with Crippen LogP contribution in [-0.2, 0) is 21.5 Å². The number of carbonyl (C=O) groups excluding carboxylic acids is 1. The SMILES string of the molecule is C[C@@H]1CCCN(S(=O)(=O)N(CC(=O)Nc2ccccc2)Cc2ccco2)C1. The maximum Gasteiger partial charge on any atom is 0.282 e. The number of hydrogen-bond donors (Lipinski definition) is 1. The summed E-state index contributed by atoms with van der Waals surface area (Å²) < 4.78 is 34.3. The number of para-hydroxylation sites is 1. The van der Waals surface area contributed by atoms with Gasteiger partial charge in [-0.25, -0.2) is 0 Å². The zero-order chi connectivity index (χ0) is 19.3. The van der Waals surface area contributed by atoms with E-state index in [-0.39, 0.29) is 19.0 Å². The third kappa shape index (κ3) is 5.18. The van der Waals surface area contributed by atoms with Crippen molar-refractivity contribution >= 4 is 21.8 Å². The molecule has 146 valence electrons. The van der Waals surface area contributed by atoms with Crippen LogP contribution in [0, 0.1) is 5.92 Å². The number of hydrogen-bond acceptors (Lipinski definition) is 4. The van der Waals surface area contributed by atoms with Gasteiger partial charge in [0.2, 0.25) is 5.91 Å². The first kappa shape index (κ1) is 19.6. The summed E-state index contributed by atoms with van der Waals surface area (Å²) in [5.74, 6) is 0.412. The molecular weight excluding hydrogens is 366 g/mol. The molecule has 0 saturated carbocycles. The zero-order valence-electron chi connectivity index (χ0n) is 15.4. The van der Waals surface area contributed by atoms with Crippen molar-refractivity contribution in [3.8, 4) is 0 Å². The molecule has 8 heteroatoms. The minimum Gasteiger partial charge on any atom is -0.468 e. The van der Waals surface area contributed by atoms with E-state index in [0.29, 0.717) is 30.5 Å². The average Bonchev–Trinajstić information content (AvgIpc) is 3.15. The van der Waals surface area contributed by atoms with Crippen LogP contribution in [0.1, 0.15) is 25.5 Å². The van der Waals surface area contributed by atoms with Crippen molar-refractivity contribution in [2.45, 2.75) is 26.3 Å². The molecule has 1 aliphatic rings. The van der Waals surface area contributed by atoms with Crippen LogP contribution in [0.3, 0.4) is 0 Å². The number of carbonyl (C=O) groups is 1. The fourth-order valence-electron chi connectivity index (χ4n) is 3.20. The predicted octanol–water partition coefficient (Wildman–Crippen LogP) is 2.70. The molecule has 3 rings (SSSR count). The number of benzene rings is 1. The Balaban J connectivity index is 1.76. The Morgan fingerprint density at radius 1 is 1.26 bits per heavy atom. The molecule has 1 aromatic heterocycles. The summed E-state index contributed by atoms with van der Waals surface area (Å²) in [4.78, 5) is 12.5. The van der Waals surface area contributed by atoms with Crippen LogP contribution in [0.2, 0.25) is 0 Å². The predicted molar refractivity (Wildman–Crippen MR) is 103 cm³/mol. The Morgan fingerprint density at radius 3 is 2.70 bits per heavy atom. The van der Waals surface area contributed by atoms with E-state index in [2.05, 4.69) is 5.32 Å². The lowest BCUT2D eigenvalue weighted by Gasteiger charge is -2.34. The van der Waals surface area contributed by atoms with Crippen LogP contribution in [0.15, 0.2) is 53.1 Å². The van der Waals surface area contributed by atoms with Crippen molar-refractivity contribution in [1.29, 1.82) is 0 Å². The van der Waals surface area contributed by atoms with Gasteiger partial charge in [0.25, 0.3) is 10.2 Å². The first-order valence-electron chi connectivity index (χ1n) is 9.07. The zero-order valence-corrected chi connectivity index (χ0v) is 16.2. The molecule has 7 nitrogen and oxygen atoms in total. The van der Waals surface area contributed by atoms with E-state index in [4.69, 9.17) is 4.42 Å². The van der Waals surface area contributed by atoms with E-state index < -0.39 is 10.2 Å². The topological polar surface area (TPSA) is 82.9 Å². The Bertz CT molecular complexity index is 837. The molecule has 0 spiro atoms. The quantitative estimate of drug-likeness (QED) is 0.787. The van der Waals surface area contributed by atoms with Crippen molar-refractivity contribution in [1.82, 2.24) is 8.61 Å². The fraction of sp³-hybridized carbons (Fsp3) is 0.421. The monoisotopic (exact) mass is 391 g/mol. The van der Waals surface area contributed by atoms with Crippen molar-refractivity contribution < 1.29 is 17.6 Å². The molecule has 1 aliphatic heterocycles. The van der Waals surface area contributed by atoms with Crippen LogP contribution < -0.4 is 5.32 Å². The van der Waals surface area contributed by atoms with Gasteiger partial charge in [0.15, 0.2) is 0 Å². The number of nitrogens with zero attached hydrogens (tertiary/aromatic N) is 2. The van der Waals surface area contributed by atoms with Crippen molar-refractivity contribution in [3.63, 3.8) is 0 Å². The number of nitrogens with one attached hydrogen (secondary N) is 1. The molecule has 1 saturated heterocycles. The summed E-state index contributed by atoms with van der Waals surface area (Å²) in [7, 11) is -3.77. The van der Waals surface area contributed by atoms with Gasteiger partial charge in [-0.15, -0.1) is 0 Å². The molecule has 1 atom stereocenters. The molecule has 27 heavy (non-hydrogen) atoms. The lowest BCUT2D eigenvalue weighted by molar-refractivity contribution is -0.116. The smallest absolute Gasteiger partial charge is 0.282 e. The molecule has 1 amide bonds. The molecule has 0 unspecified atom stereocenters. The van der Waals surface area contributed by atoms with Crippen molar-refractivity contribution in [2.75, 3.05) is 25.0 Å². The van der Waals surface area contributed by atoms with Gasteiger partial charge in [0.1, 0.15) is 5.76 Å². The molecule has 2 heterocycles. The normalized spacial score (nSPS) is 18.5. The Morgan fingerprint density at radius 2 is 2.04 bits per heavy atom. The standard InChI is InChI=1S/C19H25N3O4S/c1-16-7-5-11-21(13-16)27(24,25)22(14-18-10-6-12-26-18)15-19(23)20-17-8-3-2-4-9-17/h2-4,6,8-10,12,16H,5,7,11,13-15H2,1H3,(H,20,23)/t16-/m1/s1. The van der Waals surface area contributed by atoms with E-state index in [0.717, 1.165) is 12.8 Å². The molecule has 1 aromatic carbocycles. The molecule has 0 bridgehead atoms. The summed E-state index contributed by atoms with van der Waals surface area (Å²) in [6.07, 6.45) is 3.33. The van der Waals surface area contributed by atoms with E-state index in [9.17, 15) is 13.2 Å². The summed E-state index contributed by atoms with van der Waals surface area (Å²) >= 11 is 0. The van der Waals surface area contributed by atoms with Gasteiger partial charge in [0.05, 0.1) is 19.4 Å². The first-order chi connectivity index (χ1) is 12.9. The van der Waals surface area contributed by atoms with Gasteiger partial charge < -0.3 is 9.73 Å². The average molecular weight is 391 g/mol. The minimum absolute atomic E-state index is 0.0163. The van der Waals surface area contributed by atoms with Gasteiger partial charge in [-0.3, -0.25) is 4.79 Å². The number of anilines is 1.